The molecular weight excluding hydrogens is 332 g/mol. The summed E-state index contributed by atoms with van der Waals surface area (Å²) >= 11 is 0. The number of aryl methyl sites for hydroxylation is 1. The van der Waals surface area contributed by atoms with Crippen molar-refractivity contribution in [3.63, 3.8) is 0 Å². The molecule has 1 aliphatic rings. The highest BCUT2D eigenvalue weighted by Gasteiger charge is 2.30. The van der Waals surface area contributed by atoms with Crippen molar-refractivity contribution in [2.24, 2.45) is 7.05 Å². The summed E-state index contributed by atoms with van der Waals surface area (Å²) in [6, 6.07) is 0. The summed E-state index contributed by atoms with van der Waals surface area (Å²) < 4.78 is 33.8. The van der Waals surface area contributed by atoms with Gasteiger partial charge in [0.25, 0.3) is 0 Å². The molecule has 1 saturated heterocycles. The molecule has 132 valence electrons. The standard InChI is InChI=1S/C14H22N6O3S/c1-10-7-20(8-11(2)23-10)24(21,22)5-4-15-13-12-6-18-19(3)14(12)17-9-16-13/h6,9-11H,4-5,7-8H2,1-3H3,(H,15,16,17). The van der Waals surface area contributed by atoms with Gasteiger partial charge >= 0.3 is 0 Å². The molecule has 1 aliphatic heterocycles. The van der Waals surface area contributed by atoms with Crippen molar-refractivity contribution in [2.45, 2.75) is 26.1 Å². The topological polar surface area (TPSA) is 102 Å². The fourth-order valence-electron chi connectivity index (χ4n) is 2.89. The molecule has 10 heteroatoms. The van der Waals surface area contributed by atoms with Gasteiger partial charge in [0.2, 0.25) is 10.0 Å². The lowest BCUT2D eigenvalue weighted by molar-refractivity contribution is -0.0440. The molecule has 0 radical (unpaired) electrons. The Bertz CT molecular complexity index is 811. The van der Waals surface area contributed by atoms with Crippen molar-refractivity contribution >= 4 is 26.9 Å². The third-order valence-corrected chi connectivity index (χ3v) is 5.77. The van der Waals surface area contributed by atoms with Crippen molar-refractivity contribution in [3.05, 3.63) is 12.5 Å². The quantitative estimate of drug-likeness (QED) is 0.819. The first kappa shape index (κ1) is 17.1. The number of aromatic nitrogens is 4. The Balaban J connectivity index is 1.64. The molecule has 1 fully saturated rings. The Morgan fingerprint density at radius 1 is 1.29 bits per heavy atom. The summed E-state index contributed by atoms with van der Waals surface area (Å²) in [5, 5.41) is 7.98. The van der Waals surface area contributed by atoms with Gasteiger partial charge in [0, 0.05) is 26.7 Å². The van der Waals surface area contributed by atoms with Crippen LogP contribution in [0.15, 0.2) is 12.5 Å². The molecule has 0 amide bonds. The lowest BCUT2D eigenvalue weighted by Crippen LogP contribution is -2.49. The average Bonchev–Trinajstić information content (AvgIpc) is 2.89. The van der Waals surface area contributed by atoms with Crippen molar-refractivity contribution in [1.82, 2.24) is 24.1 Å². The Hall–Kier alpha value is -1.78. The van der Waals surface area contributed by atoms with Crippen LogP contribution in [0.4, 0.5) is 5.82 Å². The maximum absolute atomic E-state index is 12.5. The molecule has 3 heterocycles. The molecule has 0 saturated carbocycles. The van der Waals surface area contributed by atoms with Gasteiger partial charge in [-0.25, -0.2) is 18.4 Å². The van der Waals surface area contributed by atoms with Gasteiger partial charge in [-0.15, -0.1) is 0 Å². The minimum atomic E-state index is -3.34. The predicted molar refractivity (Wildman–Crippen MR) is 90.2 cm³/mol. The first-order valence-corrected chi connectivity index (χ1v) is 9.47. The van der Waals surface area contributed by atoms with Crippen LogP contribution in [0, 0.1) is 0 Å². The summed E-state index contributed by atoms with van der Waals surface area (Å²) in [6.45, 7) is 4.83. The fraction of sp³-hybridized carbons (Fsp3) is 0.643. The van der Waals surface area contributed by atoms with Crippen LogP contribution in [0.1, 0.15) is 13.8 Å². The third kappa shape index (κ3) is 3.50. The lowest BCUT2D eigenvalue weighted by Gasteiger charge is -2.34. The highest BCUT2D eigenvalue weighted by molar-refractivity contribution is 7.89. The molecule has 0 aliphatic carbocycles. The van der Waals surface area contributed by atoms with Crippen LogP contribution in [0.3, 0.4) is 0 Å². The first-order valence-electron chi connectivity index (χ1n) is 7.86. The lowest BCUT2D eigenvalue weighted by atomic mass is 10.3. The van der Waals surface area contributed by atoms with E-state index < -0.39 is 10.0 Å². The Morgan fingerprint density at radius 2 is 2.00 bits per heavy atom. The second-order valence-corrected chi connectivity index (χ2v) is 8.13. The molecule has 0 spiro atoms. The number of anilines is 1. The highest BCUT2D eigenvalue weighted by atomic mass is 32.2. The average molecular weight is 354 g/mol. The molecule has 2 aromatic rings. The van der Waals surface area contributed by atoms with Crippen LogP contribution in [-0.2, 0) is 21.8 Å². The summed E-state index contributed by atoms with van der Waals surface area (Å²) in [4.78, 5) is 8.33. The second-order valence-electron chi connectivity index (χ2n) is 6.04. The van der Waals surface area contributed by atoms with Gasteiger partial charge in [0.05, 0.1) is 29.5 Å². The molecule has 2 aromatic heterocycles. The first-order chi connectivity index (χ1) is 11.4. The van der Waals surface area contributed by atoms with Crippen LogP contribution in [0.2, 0.25) is 0 Å². The zero-order valence-electron chi connectivity index (χ0n) is 14.0. The molecule has 24 heavy (non-hydrogen) atoms. The zero-order valence-corrected chi connectivity index (χ0v) is 14.8. The predicted octanol–water partition coefficient (Wildman–Crippen LogP) is 0.214. The van der Waals surface area contributed by atoms with Gasteiger partial charge < -0.3 is 10.1 Å². The number of morpholine rings is 1. The molecule has 0 bridgehead atoms. The fourth-order valence-corrected chi connectivity index (χ4v) is 4.38. The summed E-state index contributed by atoms with van der Waals surface area (Å²) in [6.07, 6.45) is 2.92. The molecule has 9 nitrogen and oxygen atoms in total. The van der Waals surface area contributed by atoms with Crippen molar-refractivity contribution < 1.29 is 13.2 Å². The van der Waals surface area contributed by atoms with Gasteiger partial charge in [-0.2, -0.15) is 9.40 Å². The van der Waals surface area contributed by atoms with E-state index in [0.29, 0.717) is 24.6 Å². The van der Waals surface area contributed by atoms with Crippen molar-refractivity contribution in [2.75, 3.05) is 30.7 Å². The maximum Gasteiger partial charge on any atom is 0.216 e. The van der Waals surface area contributed by atoms with Crippen LogP contribution in [0.25, 0.3) is 11.0 Å². The number of sulfonamides is 1. The monoisotopic (exact) mass is 354 g/mol. The number of nitrogens with zero attached hydrogens (tertiary/aromatic N) is 5. The van der Waals surface area contributed by atoms with E-state index in [0.717, 1.165) is 5.39 Å². The van der Waals surface area contributed by atoms with E-state index in [1.807, 2.05) is 13.8 Å². The normalized spacial score (nSPS) is 22.8. The van der Waals surface area contributed by atoms with Crippen LogP contribution in [0.5, 0.6) is 0 Å². The molecular formula is C14H22N6O3S. The summed E-state index contributed by atoms with van der Waals surface area (Å²) in [7, 11) is -1.54. The van der Waals surface area contributed by atoms with Gasteiger partial charge in [0.1, 0.15) is 12.1 Å². The van der Waals surface area contributed by atoms with Gasteiger partial charge in [-0.3, -0.25) is 4.68 Å². The third-order valence-electron chi connectivity index (χ3n) is 3.96. The number of fused-ring (bicyclic) bond motifs is 1. The zero-order chi connectivity index (χ0) is 17.3. The van der Waals surface area contributed by atoms with E-state index in [4.69, 9.17) is 4.74 Å². The molecule has 3 rings (SSSR count). The SMILES string of the molecule is CC1CN(S(=O)(=O)CCNc2ncnc3c2cnn3C)CC(C)O1. The van der Waals surface area contributed by atoms with Crippen LogP contribution < -0.4 is 5.32 Å². The number of ether oxygens (including phenoxy) is 1. The van der Waals surface area contributed by atoms with Crippen LogP contribution >= 0.6 is 0 Å². The van der Waals surface area contributed by atoms with Crippen LogP contribution in [-0.4, -0.2) is 70.1 Å². The second kappa shape index (κ2) is 6.61. The van der Waals surface area contributed by atoms with E-state index in [1.54, 1.807) is 17.9 Å². The molecule has 0 aromatic carbocycles. The van der Waals surface area contributed by atoms with E-state index in [9.17, 15) is 8.42 Å². The Labute approximate surface area is 141 Å². The van der Waals surface area contributed by atoms with Gasteiger partial charge in [-0.1, -0.05) is 0 Å². The summed E-state index contributed by atoms with van der Waals surface area (Å²) in [5.74, 6) is 0.588. The van der Waals surface area contributed by atoms with Gasteiger partial charge in [0.15, 0.2) is 5.65 Å². The molecule has 1 N–H and O–H groups in total. The minimum Gasteiger partial charge on any atom is -0.373 e. The van der Waals surface area contributed by atoms with Gasteiger partial charge in [-0.05, 0) is 13.8 Å². The minimum absolute atomic E-state index is 0.00179. The maximum atomic E-state index is 12.5. The number of hydrogen-bond acceptors (Lipinski definition) is 7. The highest BCUT2D eigenvalue weighted by Crippen LogP contribution is 2.18. The Morgan fingerprint density at radius 3 is 2.71 bits per heavy atom. The van der Waals surface area contributed by atoms with E-state index in [1.165, 1.54) is 10.6 Å². The largest absolute Gasteiger partial charge is 0.373 e. The van der Waals surface area contributed by atoms with Crippen molar-refractivity contribution in [3.8, 4) is 0 Å². The molecule has 2 unspecified atom stereocenters. The van der Waals surface area contributed by atoms with E-state index >= 15 is 0 Å². The Kier molecular flexibility index (Phi) is 4.70. The molecule has 2 atom stereocenters. The smallest absolute Gasteiger partial charge is 0.216 e. The van der Waals surface area contributed by atoms with E-state index in [-0.39, 0.29) is 24.5 Å². The number of nitrogens with one attached hydrogen (secondary N) is 1. The van der Waals surface area contributed by atoms with Crippen molar-refractivity contribution in [1.29, 1.82) is 0 Å². The summed E-state index contributed by atoms with van der Waals surface area (Å²) in [5.41, 5.74) is 0.700. The number of hydrogen-bond donors (Lipinski definition) is 1. The number of rotatable bonds is 5. The van der Waals surface area contributed by atoms with E-state index in [2.05, 4.69) is 20.4 Å².